The second kappa shape index (κ2) is 17.3. The van der Waals surface area contributed by atoms with Crippen LogP contribution in [-0.2, 0) is 13.1 Å². The van der Waals surface area contributed by atoms with Gasteiger partial charge < -0.3 is 0 Å². The first-order valence-corrected chi connectivity index (χ1v) is 6.73. The molecule has 0 spiro atoms. The van der Waals surface area contributed by atoms with Crippen LogP contribution in [0.5, 0.6) is 0 Å². The van der Waals surface area contributed by atoms with Crippen LogP contribution in [0.1, 0.15) is 52.4 Å². The Morgan fingerprint density at radius 3 is 1.27 bits per heavy atom. The Hall–Kier alpha value is 1.10. The molecule has 0 aliphatic carbocycles. The van der Waals surface area contributed by atoms with E-state index in [1.165, 1.54) is 38.5 Å². The molecule has 0 bridgehead atoms. The summed E-state index contributed by atoms with van der Waals surface area (Å²) in [5, 5.41) is 0. The van der Waals surface area contributed by atoms with Crippen molar-refractivity contribution >= 4 is 20.2 Å². The van der Waals surface area contributed by atoms with Crippen molar-refractivity contribution in [1.82, 2.24) is 0 Å². The van der Waals surface area contributed by atoms with Crippen LogP contribution in [0, 0.1) is 0 Å². The average molecular weight is 249 g/mol. The second-order valence-corrected chi connectivity index (χ2v) is 4.01. The Balaban J connectivity index is 0. The summed E-state index contributed by atoms with van der Waals surface area (Å²) >= 11 is 0.757. The maximum atomic E-state index is 4.67. The molecule has 0 heterocycles. The predicted octanol–water partition coefficient (Wildman–Crippen LogP) is 4.74. The molecule has 0 saturated carbocycles. The Morgan fingerprint density at radius 1 is 0.818 bits per heavy atom. The molecule has 75 valence electrons. The summed E-state index contributed by atoms with van der Waals surface area (Å²) in [6, 6.07) is 0. The van der Waals surface area contributed by atoms with E-state index in [9.17, 15) is 0 Å². The Labute approximate surface area is 85.6 Å². The minimum absolute atomic E-state index is 0.757. The van der Waals surface area contributed by atoms with Crippen LogP contribution >= 0.6 is 20.2 Å². The molecule has 0 aromatic heterocycles. The third kappa shape index (κ3) is 24.7. The molecule has 0 amide bonds. The Morgan fingerprint density at radius 2 is 1.09 bits per heavy atom. The molecule has 3 heteroatoms. The van der Waals surface area contributed by atoms with Gasteiger partial charge in [-0.1, -0.05) is 52.4 Å². The van der Waals surface area contributed by atoms with Gasteiger partial charge in [0.25, 0.3) is 0 Å². The zero-order valence-corrected chi connectivity index (χ0v) is 9.75. The van der Waals surface area contributed by atoms with E-state index in [1.807, 2.05) is 0 Å². The van der Waals surface area contributed by atoms with Crippen molar-refractivity contribution in [3.8, 4) is 0 Å². The number of unbranched alkanes of at least 4 members (excludes halogenated alkanes) is 5. The summed E-state index contributed by atoms with van der Waals surface area (Å²) in [6.07, 6.45) is 8.49. The zero-order chi connectivity index (χ0) is 8.95. The standard InChI is InChI=1S/C8H18.2ClH.Cu/c1-3-5-7-8-6-4-2;;;/h3-8H2,1-2H3;2*1H;/q;;;+2/p-2. The first kappa shape index (κ1) is 14.6. The fraction of sp³-hybridized carbons (Fsp3) is 1.00. The second-order valence-electron chi connectivity index (χ2n) is 2.46. The molecule has 0 fully saturated rings. The van der Waals surface area contributed by atoms with Gasteiger partial charge in [-0.25, -0.2) is 0 Å². The molecule has 0 unspecified atom stereocenters. The topological polar surface area (TPSA) is 0 Å². The van der Waals surface area contributed by atoms with Gasteiger partial charge in [-0.05, 0) is 0 Å². The molecule has 0 aromatic carbocycles. The number of halogens is 2. The summed E-state index contributed by atoms with van der Waals surface area (Å²) in [5.41, 5.74) is 0. The van der Waals surface area contributed by atoms with Gasteiger partial charge in [0.2, 0.25) is 0 Å². The van der Waals surface area contributed by atoms with E-state index >= 15 is 0 Å². The monoisotopic (exact) mass is 247 g/mol. The van der Waals surface area contributed by atoms with Crippen LogP contribution < -0.4 is 0 Å². The van der Waals surface area contributed by atoms with Crippen molar-refractivity contribution < 1.29 is 13.1 Å². The first-order valence-electron chi connectivity index (χ1n) is 4.14. The van der Waals surface area contributed by atoms with Crippen molar-refractivity contribution in [2.75, 3.05) is 0 Å². The quantitative estimate of drug-likeness (QED) is 0.487. The summed E-state index contributed by atoms with van der Waals surface area (Å²) in [7, 11) is 9.34. The average Bonchev–Trinajstić information content (AvgIpc) is 2.00. The Bertz CT molecular complexity index is 45.4. The molecule has 0 N–H and O–H groups in total. The van der Waals surface area contributed by atoms with Gasteiger partial charge in [-0.15, -0.1) is 0 Å². The maximum absolute atomic E-state index is 4.67. The van der Waals surface area contributed by atoms with Gasteiger partial charge in [0.05, 0.1) is 0 Å². The van der Waals surface area contributed by atoms with Crippen molar-refractivity contribution in [2.24, 2.45) is 0 Å². The third-order valence-corrected chi connectivity index (χ3v) is 1.46. The van der Waals surface area contributed by atoms with Crippen LogP contribution in [0.15, 0.2) is 0 Å². The van der Waals surface area contributed by atoms with Crippen LogP contribution in [0.25, 0.3) is 0 Å². The molecule has 0 aromatic rings. The van der Waals surface area contributed by atoms with Crippen molar-refractivity contribution in [3.05, 3.63) is 0 Å². The SMILES string of the molecule is CCCCCCCC.[Cl][Cu][Cl]. The van der Waals surface area contributed by atoms with E-state index in [2.05, 4.69) is 34.0 Å². The Kier molecular flexibility index (Phi) is 22.9. The normalized spacial score (nSPS) is 9.09. The van der Waals surface area contributed by atoms with Crippen LogP contribution in [0.4, 0.5) is 0 Å². The summed E-state index contributed by atoms with van der Waals surface area (Å²) < 4.78 is 0. The number of hydrogen-bond acceptors (Lipinski definition) is 0. The number of hydrogen-bond donors (Lipinski definition) is 0. The van der Waals surface area contributed by atoms with E-state index in [-0.39, 0.29) is 0 Å². The van der Waals surface area contributed by atoms with Gasteiger partial charge in [-0.2, -0.15) is 0 Å². The van der Waals surface area contributed by atoms with Gasteiger partial charge in [0.1, 0.15) is 0 Å². The van der Waals surface area contributed by atoms with E-state index < -0.39 is 0 Å². The molecule has 0 saturated heterocycles. The molecule has 11 heavy (non-hydrogen) atoms. The first-order chi connectivity index (χ1) is 5.33. The molecular formula is C8H18Cl2Cu. The molecule has 0 aliphatic rings. The predicted molar refractivity (Wildman–Crippen MR) is 50.8 cm³/mol. The van der Waals surface area contributed by atoms with Gasteiger partial charge in [0.15, 0.2) is 0 Å². The fourth-order valence-electron chi connectivity index (χ4n) is 0.854. The summed E-state index contributed by atoms with van der Waals surface area (Å²) in [6.45, 7) is 4.51. The molecule has 0 aliphatic heterocycles. The van der Waals surface area contributed by atoms with Crippen molar-refractivity contribution in [3.63, 3.8) is 0 Å². The van der Waals surface area contributed by atoms with Crippen molar-refractivity contribution in [2.45, 2.75) is 52.4 Å². The zero-order valence-electron chi connectivity index (χ0n) is 7.30. The van der Waals surface area contributed by atoms with Crippen molar-refractivity contribution in [1.29, 1.82) is 0 Å². The van der Waals surface area contributed by atoms with Gasteiger partial charge in [-0.3, -0.25) is 0 Å². The third-order valence-electron chi connectivity index (χ3n) is 1.46. The van der Waals surface area contributed by atoms with Gasteiger partial charge in [0, 0.05) is 0 Å². The minimum atomic E-state index is 0.757. The van der Waals surface area contributed by atoms with Crippen LogP contribution in [-0.4, -0.2) is 0 Å². The molecular weight excluding hydrogens is 231 g/mol. The fourth-order valence-corrected chi connectivity index (χ4v) is 0.854. The number of rotatable bonds is 5. The van der Waals surface area contributed by atoms with E-state index in [0.717, 1.165) is 13.1 Å². The molecule has 0 rings (SSSR count). The van der Waals surface area contributed by atoms with E-state index in [0.29, 0.717) is 0 Å². The van der Waals surface area contributed by atoms with Crippen LogP contribution in [0.2, 0.25) is 0 Å². The summed E-state index contributed by atoms with van der Waals surface area (Å²) in [5.74, 6) is 0. The summed E-state index contributed by atoms with van der Waals surface area (Å²) in [4.78, 5) is 0. The molecule has 0 nitrogen and oxygen atoms in total. The van der Waals surface area contributed by atoms with E-state index in [1.54, 1.807) is 0 Å². The van der Waals surface area contributed by atoms with Gasteiger partial charge >= 0.3 is 33.3 Å². The molecule has 0 atom stereocenters. The van der Waals surface area contributed by atoms with E-state index in [4.69, 9.17) is 0 Å². The van der Waals surface area contributed by atoms with Crippen LogP contribution in [0.3, 0.4) is 0 Å². The molecule has 0 radical (unpaired) electrons.